The van der Waals surface area contributed by atoms with Crippen molar-refractivity contribution < 1.29 is 24.0 Å². The third-order valence-corrected chi connectivity index (χ3v) is 4.35. The summed E-state index contributed by atoms with van der Waals surface area (Å²) < 4.78 is 11.7. The Morgan fingerprint density at radius 2 is 1.97 bits per heavy atom. The zero-order valence-electron chi connectivity index (χ0n) is 16.8. The van der Waals surface area contributed by atoms with Crippen molar-refractivity contribution in [2.75, 3.05) is 6.61 Å². The lowest BCUT2D eigenvalue weighted by Crippen LogP contribution is -2.22. The number of nitrogens with one attached hydrogen (secondary N) is 2. The Hall–Kier alpha value is -4.14. The van der Waals surface area contributed by atoms with Crippen molar-refractivity contribution in [3.63, 3.8) is 0 Å². The fourth-order valence-electron chi connectivity index (χ4n) is 3.06. The topological polar surface area (TPSA) is 120 Å². The number of nitrogens with zero attached hydrogens (tertiary/aromatic N) is 1. The molecule has 0 aromatic heterocycles. The number of hydrogen-bond donors (Lipinski definition) is 2. The van der Waals surface area contributed by atoms with Crippen LogP contribution in [0, 0.1) is 10.1 Å². The van der Waals surface area contributed by atoms with Gasteiger partial charge in [-0.1, -0.05) is 18.2 Å². The molecule has 0 saturated carbocycles. The first-order chi connectivity index (χ1) is 14.9. The van der Waals surface area contributed by atoms with E-state index in [0.29, 0.717) is 35.7 Å². The van der Waals surface area contributed by atoms with Gasteiger partial charge >= 0.3 is 6.03 Å². The van der Waals surface area contributed by atoms with Crippen molar-refractivity contribution in [1.82, 2.24) is 10.6 Å². The molecule has 2 aromatic carbocycles. The number of amides is 3. The van der Waals surface area contributed by atoms with Gasteiger partial charge in [0.05, 0.1) is 11.5 Å². The van der Waals surface area contributed by atoms with Crippen molar-refractivity contribution >= 4 is 23.7 Å². The van der Waals surface area contributed by atoms with Gasteiger partial charge in [-0.25, -0.2) is 4.79 Å². The van der Waals surface area contributed by atoms with Crippen molar-refractivity contribution in [1.29, 1.82) is 0 Å². The molecule has 1 fully saturated rings. The summed E-state index contributed by atoms with van der Waals surface area (Å²) in [5.74, 6) is 0.415. The third-order valence-electron chi connectivity index (χ3n) is 4.35. The lowest BCUT2D eigenvalue weighted by atomic mass is 10.0. The van der Waals surface area contributed by atoms with E-state index in [9.17, 15) is 19.7 Å². The number of hydrogen-bond acceptors (Lipinski definition) is 6. The highest BCUT2D eigenvalue weighted by molar-refractivity contribution is 6.14. The molecule has 1 aliphatic rings. The van der Waals surface area contributed by atoms with E-state index in [-0.39, 0.29) is 18.0 Å². The predicted molar refractivity (Wildman–Crippen MR) is 114 cm³/mol. The highest BCUT2D eigenvalue weighted by Gasteiger charge is 2.23. The van der Waals surface area contributed by atoms with E-state index in [1.165, 1.54) is 12.1 Å². The number of imide groups is 1. The molecule has 0 aliphatic carbocycles. The van der Waals surface area contributed by atoms with Gasteiger partial charge in [0.15, 0.2) is 11.5 Å². The summed E-state index contributed by atoms with van der Waals surface area (Å²) in [4.78, 5) is 33.7. The fraction of sp³-hybridized carbons (Fsp3) is 0.182. The highest BCUT2D eigenvalue weighted by Crippen LogP contribution is 2.35. The van der Waals surface area contributed by atoms with Crippen LogP contribution in [0.4, 0.5) is 10.5 Å². The number of carbonyl (C=O) groups is 2. The number of nitro groups is 1. The Bertz CT molecular complexity index is 1080. The average molecular weight is 423 g/mol. The summed E-state index contributed by atoms with van der Waals surface area (Å²) in [6, 6.07) is 9.12. The van der Waals surface area contributed by atoms with Crippen LogP contribution in [0.5, 0.6) is 11.5 Å². The summed E-state index contributed by atoms with van der Waals surface area (Å²) in [7, 11) is 0. The maximum Gasteiger partial charge on any atom is 0.326 e. The van der Waals surface area contributed by atoms with Crippen LogP contribution in [-0.2, 0) is 17.8 Å². The second-order valence-corrected chi connectivity index (χ2v) is 6.62. The summed E-state index contributed by atoms with van der Waals surface area (Å²) in [6.07, 6.45) is 3.70. The minimum atomic E-state index is -0.579. The van der Waals surface area contributed by atoms with E-state index in [1.807, 2.05) is 6.92 Å². The van der Waals surface area contributed by atoms with Crippen LogP contribution in [-0.4, -0.2) is 23.5 Å². The van der Waals surface area contributed by atoms with Crippen LogP contribution >= 0.6 is 0 Å². The molecule has 0 atom stereocenters. The molecule has 160 valence electrons. The first-order valence-corrected chi connectivity index (χ1v) is 9.52. The highest BCUT2D eigenvalue weighted by atomic mass is 16.6. The third kappa shape index (κ3) is 5.27. The number of rotatable bonds is 9. The van der Waals surface area contributed by atoms with Gasteiger partial charge in [-0.3, -0.25) is 20.2 Å². The Labute approximate surface area is 178 Å². The molecule has 9 nitrogen and oxygen atoms in total. The molecule has 1 aliphatic heterocycles. The minimum absolute atomic E-state index is 0.0173. The number of nitro benzene ring substituents is 1. The van der Waals surface area contributed by atoms with Gasteiger partial charge in [0.25, 0.3) is 11.6 Å². The van der Waals surface area contributed by atoms with Crippen LogP contribution in [0.1, 0.15) is 23.6 Å². The van der Waals surface area contributed by atoms with Crippen molar-refractivity contribution in [2.45, 2.75) is 20.0 Å². The fourth-order valence-corrected chi connectivity index (χ4v) is 3.06. The molecular weight excluding hydrogens is 402 g/mol. The number of ether oxygens (including phenoxy) is 2. The molecular formula is C22H21N3O6. The van der Waals surface area contributed by atoms with Gasteiger partial charge in [-0.15, -0.1) is 6.58 Å². The molecule has 2 N–H and O–H groups in total. The molecule has 1 heterocycles. The van der Waals surface area contributed by atoms with Gasteiger partial charge in [-0.05, 0) is 42.7 Å². The lowest BCUT2D eigenvalue weighted by Gasteiger charge is -2.17. The number of carbonyl (C=O) groups excluding carboxylic acids is 2. The van der Waals surface area contributed by atoms with Crippen LogP contribution in [0.3, 0.4) is 0 Å². The molecule has 0 spiro atoms. The maximum atomic E-state index is 11.8. The van der Waals surface area contributed by atoms with E-state index >= 15 is 0 Å². The normalized spacial score (nSPS) is 14.2. The first kappa shape index (κ1) is 21.6. The SMILES string of the molecule is C=CCc1cc(C=C2NC(=O)NC2=O)cc(OCC)c1OCc1cccc([N+](=O)[O-])c1. The van der Waals surface area contributed by atoms with Gasteiger partial charge in [0.2, 0.25) is 0 Å². The molecule has 9 heteroatoms. The Balaban J connectivity index is 1.94. The second kappa shape index (κ2) is 9.57. The van der Waals surface area contributed by atoms with Crippen LogP contribution in [0.25, 0.3) is 6.08 Å². The Morgan fingerprint density at radius 3 is 2.61 bits per heavy atom. The monoisotopic (exact) mass is 423 g/mol. The zero-order valence-corrected chi connectivity index (χ0v) is 16.8. The number of allylic oxidation sites excluding steroid dienone is 1. The van der Waals surface area contributed by atoms with E-state index in [2.05, 4.69) is 17.2 Å². The van der Waals surface area contributed by atoms with Crippen LogP contribution < -0.4 is 20.1 Å². The van der Waals surface area contributed by atoms with E-state index in [4.69, 9.17) is 9.47 Å². The molecule has 1 saturated heterocycles. The Morgan fingerprint density at radius 1 is 1.16 bits per heavy atom. The lowest BCUT2D eigenvalue weighted by molar-refractivity contribution is -0.384. The smallest absolute Gasteiger partial charge is 0.326 e. The standard InChI is InChI=1S/C22H21N3O6/c1-3-6-16-9-15(11-18-21(26)24-22(27)23-18)12-19(30-4-2)20(16)31-13-14-7-5-8-17(10-14)25(28)29/h3,5,7-12H,1,4,6,13H2,2H3,(H2,23,24,26,27). The zero-order chi connectivity index (χ0) is 22.4. The summed E-state index contributed by atoms with van der Waals surface area (Å²) >= 11 is 0. The predicted octanol–water partition coefficient (Wildman–Crippen LogP) is 3.48. The molecule has 3 rings (SSSR count). The van der Waals surface area contributed by atoms with Gasteiger partial charge in [0.1, 0.15) is 12.3 Å². The van der Waals surface area contributed by atoms with E-state index in [0.717, 1.165) is 5.56 Å². The Kier molecular flexibility index (Phi) is 6.66. The van der Waals surface area contributed by atoms with Crippen LogP contribution in [0.15, 0.2) is 54.8 Å². The summed E-state index contributed by atoms with van der Waals surface area (Å²) in [5, 5.41) is 15.6. The average Bonchev–Trinajstić information content (AvgIpc) is 3.04. The minimum Gasteiger partial charge on any atom is -0.490 e. The van der Waals surface area contributed by atoms with Gasteiger partial charge < -0.3 is 14.8 Å². The molecule has 31 heavy (non-hydrogen) atoms. The van der Waals surface area contributed by atoms with Crippen molar-refractivity contribution in [2.24, 2.45) is 0 Å². The van der Waals surface area contributed by atoms with E-state index in [1.54, 1.807) is 36.4 Å². The van der Waals surface area contributed by atoms with Crippen molar-refractivity contribution in [3.05, 3.63) is 81.6 Å². The number of non-ortho nitro benzene ring substituents is 1. The number of benzene rings is 2. The summed E-state index contributed by atoms with van der Waals surface area (Å²) in [6.45, 7) is 6.07. The summed E-state index contributed by atoms with van der Waals surface area (Å²) in [5.41, 5.74) is 2.13. The largest absolute Gasteiger partial charge is 0.490 e. The van der Waals surface area contributed by atoms with Gasteiger partial charge in [0, 0.05) is 17.7 Å². The van der Waals surface area contributed by atoms with Crippen LogP contribution in [0.2, 0.25) is 0 Å². The molecule has 0 radical (unpaired) electrons. The van der Waals surface area contributed by atoms with Crippen molar-refractivity contribution in [3.8, 4) is 11.5 Å². The number of urea groups is 1. The second-order valence-electron chi connectivity index (χ2n) is 6.62. The maximum absolute atomic E-state index is 11.8. The molecule has 0 bridgehead atoms. The molecule has 0 unspecified atom stereocenters. The van der Waals surface area contributed by atoms with E-state index < -0.39 is 16.9 Å². The van der Waals surface area contributed by atoms with Gasteiger partial charge in [-0.2, -0.15) is 0 Å². The molecule has 3 amide bonds. The first-order valence-electron chi connectivity index (χ1n) is 9.52. The molecule has 2 aromatic rings. The quantitative estimate of drug-likeness (QED) is 0.209.